The van der Waals surface area contributed by atoms with Gasteiger partial charge in [0.05, 0.1) is 26.7 Å². The molecular formula is C16H26F11N2O2S+. The molecule has 0 aromatic carbocycles. The summed E-state index contributed by atoms with van der Waals surface area (Å²) in [5, 5.41) is -6.31. The maximum absolute atomic E-state index is 14.6. The van der Waals surface area contributed by atoms with Crippen LogP contribution in [0.25, 0.3) is 0 Å². The molecule has 0 aliphatic carbocycles. The zero-order chi connectivity index (χ0) is 25.9. The van der Waals surface area contributed by atoms with Gasteiger partial charge in [0.25, 0.3) is 15.7 Å². The Bertz CT molecular complexity index is 707. The molecule has 4 nitrogen and oxygen atoms in total. The van der Waals surface area contributed by atoms with Crippen molar-refractivity contribution < 1.29 is 61.2 Å². The molecule has 0 radical (unpaired) electrons. The molecule has 0 spiro atoms. The third-order valence-corrected chi connectivity index (χ3v) is 7.43. The first-order valence-corrected chi connectivity index (χ1v) is 10.8. The second kappa shape index (κ2) is 10.2. The Hall–Kier alpha value is -0.900. The predicted molar refractivity (Wildman–Crippen MR) is 93.8 cm³/mol. The van der Waals surface area contributed by atoms with Crippen molar-refractivity contribution in [3.8, 4) is 0 Å². The second-order valence-electron chi connectivity index (χ2n) is 7.60. The highest BCUT2D eigenvalue weighted by Crippen LogP contribution is 2.60. The van der Waals surface area contributed by atoms with Crippen molar-refractivity contribution in [2.24, 2.45) is 5.41 Å². The summed E-state index contributed by atoms with van der Waals surface area (Å²) in [6.07, 6.45) is -7.07. The summed E-state index contributed by atoms with van der Waals surface area (Å²) < 4.78 is 175. The molecule has 0 aliphatic rings. The van der Waals surface area contributed by atoms with Gasteiger partial charge in [-0.05, 0) is 13.8 Å². The number of quaternary nitrogens is 1. The van der Waals surface area contributed by atoms with E-state index in [1.54, 1.807) is 20.9 Å². The zero-order valence-electron chi connectivity index (χ0n) is 17.5. The number of alkyl halides is 11. The fraction of sp³-hybridized carbons (Fsp3) is 1.00. The quantitative estimate of drug-likeness (QED) is 0.213. The lowest BCUT2D eigenvalue weighted by molar-refractivity contribution is -0.906. The van der Waals surface area contributed by atoms with Crippen LogP contribution in [0.5, 0.6) is 0 Å². The van der Waals surface area contributed by atoms with Gasteiger partial charge in [-0.3, -0.25) is 0 Å². The van der Waals surface area contributed by atoms with Gasteiger partial charge in [-0.25, -0.2) is 39.5 Å². The Morgan fingerprint density at radius 2 is 1.25 bits per heavy atom. The van der Waals surface area contributed by atoms with E-state index in [-0.39, 0.29) is 13.0 Å². The van der Waals surface area contributed by atoms with Gasteiger partial charge in [-0.2, -0.15) is 22.0 Å². The molecule has 0 bridgehead atoms. The van der Waals surface area contributed by atoms with Crippen LogP contribution in [-0.4, -0.2) is 89.2 Å². The van der Waals surface area contributed by atoms with Gasteiger partial charge in [0.1, 0.15) is 20.0 Å². The number of nitrogens with one attached hydrogen (secondary N) is 1. The molecule has 1 atom stereocenters. The van der Waals surface area contributed by atoms with Crippen molar-refractivity contribution in [1.29, 1.82) is 0 Å². The van der Waals surface area contributed by atoms with Crippen molar-refractivity contribution in [3.63, 3.8) is 0 Å². The highest BCUT2D eigenvalue weighted by molar-refractivity contribution is 7.90. The molecule has 1 N–H and O–H groups in total. The summed E-state index contributed by atoms with van der Waals surface area (Å²) in [6, 6.07) is 0. The first-order valence-electron chi connectivity index (χ1n) is 9.28. The molecule has 1 unspecified atom stereocenters. The van der Waals surface area contributed by atoms with E-state index in [2.05, 4.69) is 0 Å². The van der Waals surface area contributed by atoms with Crippen LogP contribution in [0.2, 0.25) is 0 Å². The summed E-state index contributed by atoms with van der Waals surface area (Å²) in [5.74, 6) is -6.87. The highest BCUT2D eigenvalue weighted by Gasteiger charge is 2.85. The number of hydrogen-bond donors (Lipinski definition) is 1. The number of hydrogen-bond acceptors (Lipinski definition) is 2. The second-order valence-corrected chi connectivity index (χ2v) is 9.41. The van der Waals surface area contributed by atoms with E-state index >= 15 is 0 Å². The van der Waals surface area contributed by atoms with Crippen molar-refractivity contribution in [2.75, 3.05) is 53.3 Å². The molecule has 0 aromatic heterocycles. The molecule has 0 amide bonds. The normalized spacial score (nSPS) is 16.8. The average molecular weight is 519 g/mol. The molecule has 0 saturated carbocycles. The maximum Gasteiger partial charge on any atom is 0.431 e. The molecule has 32 heavy (non-hydrogen) atoms. The minimum Gasteiger partial charge on any atom is -0.326 e. The summed E-state index contributed by atoms with van der Waals surface area (Å²) in [7, 11) is -4.76. The minimum atomic E-state index is -6.91. The molecule has 16 heteroatoms. The van der Waals surface area contributed by atoms with Crippen molar-refractivity contribution in [1.82, 2.24) is 4.72 Å². The van der Waals surface area contributed by atoms with E-state index in [0.29, 0.717) is 17.6 Å². The molecule has 0 fully saturated rings. The lowest BCUT2D eigenvalue weighted by Crippen LogP contribution is -2.72. The average Bonchev–Trinajstić information content (AvgIpc) is 2.70. The minimum absolute atomic E-state index is 0.164. The van der Waals surface area contributed by atoms with Crippen LogP contribution in [0.15, 0.2) is 0 Å². The molecule has 0 aliphatic heterocycles. The lowest BCUT2D eigenvalue weighted by atomic mass is 9.75. The zero-order valence-corrected chi connectivity index (χ0v) is 18.3. The van der Waals surface area contributed by atoms with Crippen molar-refractivity contribution >= 4 is 10.0 Å². The van der Waals surface area contributed by atoms with Crippen molar-refractivity contribution in [2.45, 2.75) is 43.3 Å². The summed E-state index contributed by atoms with van der Waals surface area (Å²) in [5.41, 5.74) is -12.2. The maximum atomic E-state index is 14.6. The number of sulfonamides is 1. The Balaban J connectivity index is 6.21. The van der Waals surface area contributed by atoms with Gasteiger partial charge in [-0.15, -0.1) is 0 Å². The van der Waals surface area contributed by atoms with E-state index in [1.165, 1.54) is 0 Å². The lowest BCUT2D eigenvalue weighted by Gasteiger charge is -2.46. The first kappa shape index (κ1) is 31.1. The van der Waals surface area contributed by atoms with E-state index < -0.39 is 65.0 Å². The van der Waals surface area contributed by atoms with Crippen LogP contribution >= 0.6 is 0 Å². The topological polar surface area (TPSA) is 46.2 Å². The number of halogens is 11. The fourth-order valence-corrected chi connectivity index (χ4v) is 4.16. The van der Waals surface area contributed by atoms with E-state index in [1.807, 2.05) is 0 Å². The standard InChI is InChI=1S/C16H26F11N2O2S/c1-4-29(3,5-2)8-6-7-28-32(30,31)16(26,27)12(9-17,10-18)14(21,22)13(20,11-19)15(23,24)25/h28H,4-11H2,1-3H3/q+1. The van der Waals surface area contributed by atoms with Crippen LogP contribution in [-0.2, 0) is 10.0 Å². The molecule has 0 rings (SSSR count). The largest absolute Gasteiger partial charge is 0.431 e. The molecular weight excluding hydrogens is 493 g/mol. The van der Waals surface area contributed by atoms with Crippen LogP contribution in [0, 0.1) is 5.41 Å². The van der Waals surface area contributed by atoms with Gasteiger partial charge in [-0.1, -0.05) is 0 Å². The van der Waals surface area contributed by atoms with Gasteiger partial charge < -0.3 is 4.48 Å². The summed E-state index contributed by atoms with van der Waals surface area (Å²) in [4.78, 5) is 0. The number of rotatable bonds is 14. The van der Waals surface area contributed by atoms with Gasteiger partial charge in [0, 0.05) is 13.0 Å². The summed E-state index contributed by atoms with van der Waals surface area (Å²) in [6.45, 7) is -6.66. The van der Waals surface area contributed by atoms with Crippen LogP contribution in [0.4, 0.5) is 48.3 Å². The van der Waals surface area contributed by atoms with Gasteiger partial charge in [0.15, 0.2) is 5.41 Å². The van der Waals surface area contributed by atoms with E-state index in [0.717, 1.165) is 4.72 Å². The molecule has 194 valence electrons. The molecule has 0 heterocycles. The number of nitrogens with zero attached hydrogens (tertiary/aromatic N) is 1. The third-order valence-electron chi connectivity index (χ3n) is 5.78. The monoisotopic (exact) mass is 519 g/mol. The molecule has 0 aromatic rings. The van der Waals surface area contributed by atoms with E-state index in [4.69, 9.17) is 0 Å². The Morgan fingerprint density at radius 3 is 1.56 bits per heavy atom. The smallest absolute Gasteiger partial charge is 0.326 e. The molecule has 0 saturated heterocycles. The van der Waals surface area contributed by atoms with Gasteiger partial charge in [0.2, 0.25) is 0 Å². The summed E-state index contributed by atoms with van der Waals surface area (Å²) >= 11 is 0. The van der Waals surface area contributed by atoms with Gasteiger partial charge >= 0.3 is 17.4 Å². The fourth-order valence-electron chi connectivity index (χ4n) is 2.81. The third kappa shape index (κ3) is 4.95. The van der Waals surface area contributed by atoms with E-state index in [9.17, 15) is 56.7 Å². The van der Waals surface area contributed by atoms with Crippen LogP contribution < -0.4 is 4.72 Å². The predicted octanol–water partition coefficient (Wildman–Crippen LogP) is 4.18. The van der Waals surface area contributed by atoms with Crippen LogP contribution in [0.1, 0.15) is 20.3 Å². The SMILES string of the molecule is CC[N+](C)(CC)CCCNS(=O)(=O)C(F)(F)C(CF)(CF)C(F)(F)C(F)(CF)C(F)(F)F. The van der Waals surface area contributed by atoms with Crippen LogP contribution in [0.3, 0.4) is 0 Å². The Labute approximate surface area is 178 Å². The Morgan fingerprint density at radius 1 is 0.812 bits per heavy atom. The first-order chi connectivity index (χ1) is 14.3. The Kier molecular flexibility index (Phi) is 9.87. The highest BCUT2D eigenvalue weighted by atomic mass is 32.2. The van der Waals surface area contributed by atoms with Crippen molar-refractivity contribution in [3.05, 3.63) is 0 Å².